The Hall–Kier alpha value is -2.37. The van der Waals surface area contributed by atoms with Crippen molar-refractivity contribution in [2.75, 3.05) is 0 Å². The second-order valence-corrected chi connectivity index (χ2v) is 6.36. The molecule has 3 aromatic rings. The number of benzene rings is 1. The molecule has 2 heterocycles. The van der Waals surface area contributed by atoms with Gasteiger partial charge in [-0.05, 0) is 18.1 Å². The summed E-state index contributed by atoms with van der Waals surface area (Å²) in [5, 5.41) is 10.8. The Morgan fingerprint density at radius 1 is 1.42 bits per heavy atom. The van der Waals surface area contributed by atoms with Crippen LogP contribution in [0.2, 0.25) is 5.02 Å². The molecular weight excluding hydrogens is 328 g/mol. The summed E-state index contributed by atoms with van der Waals surface area (Å²) in [6, 6.07) is 9.46. The van der Waals surface area contributed by atoms with Crippen molar-refractivity contribution in [1.29, 1.82) is 0 Å². The van der Waals surface area contributed by atoms with Crippen LogP contribution >= 0.6 is 11.6 Å². The van der Waals surface area contributed by atoms with Gasteiger partial charge in [-0.3, -0.25) is 9.20 Å². The molecule has 5 nitrogen and oxygen atoms in total. The van der Waals surface area contributed by atoms with Crippen molar-refractivity contribution in [3.05, 3.63) is 64.1 Å². The third kappa shape index (κ3) is 2.28. The minimum Gasteiger partial charge on any atom is -0.479 e. The van der Waals surface area contributed by atoms with Crippen molar-refractivity contribution in [1.82, 2.24) is 9.38 Å². The minimum atomic E-state index is -0.636. The summed E-state index contributed by atoms with van der Waals surface area (Å²) in [5.74, 6) is 0.444. The lowest BCUT2D eigenvalue weighted by atomic mass is 10.1. The van der Waals surface area contributed by atoms with Crippen LogP contribution in [0.15, 0.2) is 36.5 Å². The fourth-order valence-corrected chi connectivity index (χ4v) is 3.45. The van der Waals surface area contributed by atoms with Crippen LogP contribution in [-0.2, 0) is 6.42 Å². The van der Waals surface area contributed by atoms with Crippen LogP contribution in [-0.4, -0.2) is 26.9 Å². The molecule has 1 N–H and O–H groups in total. The van der Waals surface area contributed by atoms with E-state index in [4.69, 9.17) is 16.3 Å². The summed E-state index contributed by atoms with van der Waals surface area (Å²) in [7, 11) is 0. The molecular formula is C18H15ClN2O3. The second-order valence-electron chi connectivity index (χ2n) is 5.93. The van der Waals surface area contributed by atoms with Crippen molar-refractivity contribution in [3.8, 4) is 5.75 Å². The van der Waals surface area contributed by atoms with Crippen LogP contribution in [0, 0.1) is 6.92 Å². The highest BCUT2D eigenvalue weighted by Crippen LogP contribution is 2.37. The largest absolute Gasteiger partial charge is 0.479 e. The molecule has 2 aromatic heterocycles. The van der Waals surface area contributed by atoms with Gasteiger partial charge in [0.05, 0.1) is 16.8 Å². The first-order valence-corrected chi connectivity index (χ1v) is 8.02. The van der Waals surface area contributed by atoms with Crippen LogP contribution < -0.4 is 4.74 Å². The smallest absolute Gasteiger partial charge is 0.180 e. The first-order chi connectivity index (χ1) is 11.6. The lowest BCUT2D eigenvalue weighted by Crippen LogP contribution is -2.19. The third-order valence-corrected chi connectivity index (χ3v) is 4.59. The predicted octanol–water partition coefficient (Wildman–Crippen LogP) is 3.15. The zero-order chi connectivity index (χ0) is 16.8. The summed E-state index contributed by atoms with van der Waals surface area (Å²) in [6.07, 6.45) is 1.80. The Balaban J connectivity index is 1.82. The highest BCUT2D eigenvalue weighted by Gasteiger charge is 2.33. The standard InChI is InChI=1S/C18H15ClN2O3/c1-10-14(9-22)21-8-12(19)7-16(18(21)20-10)24-17-13-5-3-2-4-11(13)6-15(17)23/h2-5,7-9,15,17,23H,6H2,1H3. The lowest BCUT2D eigenvalue weighted by molar-refractivity contribution is 0.0502. The quantitative estimate of drug-likeness (QED) is 0.743. The summed E-state index contributed by atoms with van der Waals surface area (Å²) >= 11 is 6.18. The highest BCUT2D eigenvalue weighted by molar-refractivity contribution is 6.30. The number of hydrogen-bond donors (Lipinski definition) is 1. The van der Waals surface area contributed by atoms with Crippen LogP contribution in [0.3, 0.4) is 0 Å². The molecule has 0 bridgehead atoms. The molecule has 0 fully saturated rings. The number of imidazole rings is 1. The number of fused-ring (bicyclic) bond motifs is 2. The average molecular weight is 343 g/mol. The number of nitrogens with zero attached hydrogens (tertiary/aromatic N) is 2. The Labute approximate surface area is 143 Å². The van der Waals surface area contributed by atoms with E-state index < -0.39 is 12.2 Å². The average Bonchev–Trinajstić information content (AvgIpc) is 3.04. The number of aliphatic hydroxyl groups is 1. The zero-order valence-corrected chi connectivity index (χ0v) is 13.7. The van der Waals surface area contributed by atoms with E-state index >= 15 is 0 Å². The number of hydrogen-bond acceptors (Lipinski definition) is 4. The molecule has 2 atom stereocenters. The SMILES string of the molecule is Cc1nc2c(OC3c4ccccc4CC3O)cc(Cl)cn2c1C=O. The summed E-state index contributed by atoms with van der Waals surface area (Å²) in [6.45, 7) is 1.76. The molecule has 0 radical (unpaired) electrons. The van der Waals surface area contributed by atoms with Gasteiger partial charge in [0.2, 0.25) is 0 Å². The molecule has 1 aliphatic rings. The van der Waals surface area contributed by atoms with E-state index in [9.17, 15) is 9.90 Å². The zero-order valence-electron chi connectivity index (χ0n) is 12.9. The maximum atomic E-state index is 11.3. The molecule has 6 heteroatoms. The van der Waals surface area contributed by atoms with Crippen molar-refractivity contribution in [2.45, 2.75) is 25.6 Å². The van der Waals surface area contributed by atoms with Crippen LogP contribution in [0.4, 0.5) is 0 Å². The molecule has 0 saturated heterocycles. The third-order valence-electron chi connectivity index (χ3n) is 4.38. The van der Waals surface area contributed by atoms with Gasteiger partial charge in [-0.1, -0.05) is 35.9 Å². The Morgan fingerprint density at radius 2 is 2.21 bits per heavy atom. The molecule has 4 rings (SSSR count). The number of aliphatic hydroxyl groups excluding tert-OH is 1. The van der Waals surface area contributed by atoms with Gasteiger partial charge < -0.3 is 9.84 Å². The van der Waals surface area contributed by atoms with Gasteiger partial charge in [0.25, 0.3) is 0 Å². The molecule has 0 aliphatic heterocycles. The van der Waals surface area contributed by atoms with E-state index in [1.165, 1.54) is 0 Å². The van der Waals surface area contributed by atoms with Crippen molar-refractivity contribution < 1.29 is 14.6 Å². The number of carbonyl (C=O) groups excluding carboxylic acids is 1. The van der Waals surface area contributed by atoms with Crippen molar-refractivity contribution in [3.63, 3.8) is 0 Å². The van der Waals surface area contributed by atoms with Crippen LogP contribution in [0.1, 0.15) is 33.4 Å². The monoisotopic (exact) mass is 342 g/mol. The van der Waals surface area contributed by atoms with E-state index in [0.29, 0.717) is 34.2 Å². The molecule has 1 aromatic carbocycles. The minimum absolute atomic E-state index is 0.429. The van der Waals surface area contributed by atoms with Crippen LogP contribution in [0.5, 0.6) is 5.75 Å². The van der Waals surface area contributed by atoms with Crippen molar-refractivity contribution in [2.24, 2.45) is 0 Å². The summed E-state index contributed by atoms with van der Waals surface area (Å²) < 4.78 is 7.71. The summed E-state index contributed by atoms with van der Waals surface area (Å²) in [4.78, 5) is 15.7. The summed E-state index contributed by atoms with van der Waals surface area (Å²) in [5.41, 5.74) is 3.58. The van der Waals surface area contributed by atoms with Gasteiger partial charge >= 0.3 is 0 Å². The van der Waals surface area contributed by atoms with E-state index in [2.05, 4.69) is 4.98 Å². The normalized spacial score (nSPS) is 19.5. The number of aryl methyl sites for hydroxylation is 1. The van der Waals surface area contributed by atoms with E-state index in [1.807, 2.05) is 24.3 Å². The van der Waals surface area contributed by atoms with E-state index in [0.717, 1.165) is 17.4 Å². The molecule has 0 spiro atoms. The number of carbonyl (C=O) groups is 1. The van der Waals surface area contributed by atoms with Crippen LogP contribution in [0.25, 0.3) is 5.65 Å². The van der Waals surface area contributed by atoms with E-state index in [1.54, 1.807) is 23.6 Å². The van der Waals surface area contributed by atoms with Gasteiger partial charge in [-0.2, -0.15) is 0 Å². The molecule has 0 amide bonds. The number of ether oxygens (including phenoxy) is 1. The molecule has 24 heavy (non-hydrogen) atoms. The topological polar surface area (TPSA) is 63.8 Å². The Morgan fingerprint density at radius 3 is 3.00 bits per heavy atom. The first kappa shape index (κ1) is 15.2. The first-order valence-electron chi connectivity index (χ1n) is 7.64. The fourth-order valence-electron chi connectivity index (χ4n) is 3.26. The molecule has 2 unspecified atom stereocenters. The number of aldehydes is 1. The predicted molar refractivity (Wildman–Crippen MR) is 89.8 cm³/mol. The second kappa shape index (κ2) is 5.61. The Bertz CT molecular complexity index is 951. The highest BCUT2D eigenvalue weighted by atomic mass is 35.5. The molecule has 122 valence electrons. The van der Waals surface area contributed by atoms with Gasteiger partial charge in [0, 0.05) is 18.7 Å². The lowest BCUT2D eigenvalue weighted by Gasteiger charge is -2.19. The Kier molecular flexibility index (Phi) is 3.55. The van der Waals surface area contributed by atoms with E-state index in [-0.39, 0.29) is 0 Å². The fraction of sp³-hybridized carbons (Fsp3) is 0.222. The number of rotatable bonds is 3. The van der Waals surface area contributed by atoms with Gasteiger partial charge in [-0.25, -0.2) is 4.98 Å². The molecule has 0 saturated carbocycles. The van der Waals surface area contributed by atoms with Gasteiger partial charge in [-0.15, -0.1) is 0 Å². The molecule has 1 aliphatic carbocycles. The maximum Gasteiger partial charge on any atom is 0.180 e. The van der Waals surface area contributed by atoms with Gasteiger partial charge in [0.15, 0.2) is 23.8 Å². The number of aromatic nitrogens is 2. The van der Waals surface area contributed by atoms with Gasteiger partial charge in [0.1, 0.15) is 5.69 Å². The number of pyridine rings is 1. The van der Waals surface area contributed by atoms with Crippen molar-refractivity contribution >= 4 is 23.5 Å². The number of halogens is 1. The maximum absolute atomic E-state index is 11.3.